The van der Waals surface area contributed by atoms with E-state index in [-0.39, 0.29) is 0 Å². The summed E-state index contributed by atoms with van der Waals surface area (Å²) in [5, 5.41) is 0.971. The van der Waals surface area contributed by atoms with Crippen molar-refractivity contribution in [3.63, 3.8) is 0 Å². The molecule has 1 heterocycles. The fourth-order valence-electron chi connectivity index (χ4n) is 3.11. The van der Waals surface area contributed by atoms with Crippen LogP contribution in [-0.4, -0.2) is 15.3 Å². The molecule has 3 heteroatoms. The zero-order valence-corrected chi connectivity index (χ0v) is 15.8. The maximum atomic E-state index is 5.05. The van der Waals surface area contributed by atoms with Gasteiger partial charge in [-0.25, -0.2) is 4.98 Å². The highest BCUT2D eigenvalue weighted by Gasteiger charge is 2.21. The van der Waals surface area contributed by atoms with Gasteiger partial charge in [-0.05, 0) is 12.1 Å². The van der Waals surface area contributed by atoms with Crippen LogP contribution in [0.25, 0.3) is 28.2 Å². The van der Waals surface area contributed by atoms with Crippen molar-refractivity contribution in [3.05, 3.63) is 104 Å². The molecule has 0 N–H and O–H groups in total. The van der Waals surface area contributed by atoms with Crippen LogP contribution >= 0.6 is 11.8 Å². The highest BCUT2D eigenvalue weighted by molar-refractivity contribution is 7.99. The molecule has 0 saturated heterocycles. The summed E-state index contributed by atoms with van der Waals surface area (Å²) in [4.78, 5) is 5.05. The number of thioether (sulfide) groups is 1. The van der Waals surface area contributed by atoms with Gasteiger partial charge in [0.2, 0.25) is 0 Å². The van der Waals surface area contributed by atoms with Crippen LogP contribution < -0.4 is 0 Å². The number of benzene rings is 3. The molecule has 3 aromatic carbocycles. The van der Waals surface area contributed by atoms with Gasteiger partial charge in [0.05, 0.1) is 11.4 Å². The summed E-state index contributed by atoms with van der Waals surface area (Å²) in [7, 11) is 0. The normalized spacial score (nSPS) is 10.7. The van der Waals surface area contributed by atoms with Crippen molar-refractivity contribution in [2.75, 3.05) is 5.75 Å². The maximum absolute atomic E-state index is 5.05. The standard InChI is InChI=1S/C24H20N2S/c1-2-18-27-24-25-22(19-12-6-3-7-13-19)23(20-14-8-4-9-15-20)26(24)21-16-10-5-11-17-21/h2-17H,1,18H2. The minimum absolute atomic E-state index is 0.812. The maximum Gasteiger partial charge on any atom is 0.174 e. The molecule has 0 bridgehead atoms. The molecule has 0 unspecified atom stereocenters. The second-order valence-corrected chi connectivity index (χ2v) is 7.08. The Morgan fingerprint density at radius 3 is 1.93 bits per heavy atom. The molecule has 0 spiro atoms. The molecule has 2 nitrogen and oxygen atoms in total. The molecule has 0 saturated carbocycles. The highest BCUT2D eigenvalue weighted by atomic mass is 32.2. The van der Waals surface area contributed by atoms with E-state index in [1.54, 1.807) is 11.8 Å². The van der Waals surface area contributed by atoms with Crippen LogP contribution in [0.4, 0.5) is 0 Å². The van der Waals surface area contributed by atoms with Gasteiger partial charge in [-0.1, -0.05) is 96.7 Å². The Bertz CT molecular complexity index is 1020. The van der Waals surface area contributed by atoms with Crippen LogP contribution in [0.2, 0.25) is 0 Å². The van der Waals surface area contributed by atoms with Crippen molar-refractivity contribution in [3.8, 4) is 28.2 Å². The van der Waals surface area contributed by atoms with Gasteiger partial charge in [-0.3, -0.25) is 4.57 Å². The zero-order valence-electron chi connectivity index (χ0n) is 15.0. The number of para-hydroxylation sites is 1. The molecule has 4 aromatic rings. The second-order valence-electron chi connectivity index (χ2n) is 6.09. The van der Waals surface area contributed by atoms with Gasteiger partial charge < -0.3 is 0 Å². The summed E-state index contributed by atoms with van der Waals surface area (Å²) in [6, 6.07) is 31.3. The first kappa shape index (κ1) is 17.4. The third-order valence-corrected chi connectivity index (χ3v) is 5.22. The quantitative estimate of drug-likeness (QED) is 0.286. The first-order valence-corrected chi connectivity index (χ1v) is 9.89. The first-order chi connectivity index (χ1) is 13.4. The van der Waals surface area contributed by atoms with Crippen LogP contribution in [-0.2, 0) is 0 Å². The molecule has 0 aliphatic heterocycles. The van der Waals surface area contributed by atoms with Crippen LogP contribution in [0, 0.1) is 0 Å². The van der Waals surface area contributed by atoms with Crippen LogP contribution in [0.5, 0.6) is 0 Å². The lowest BCUT2D eigenvalue weighted by Gasteiger charge is -2.13. The third kappa shape index (κ3) is 3.60. The molecule has 1 aromatic heterocycles. The first-order valence-electron chi connectivity index (χ1n) is 8.91. The highest BCUT2D eigenvalue weighted by Crippen LogP contribution is 2.38. The van der Waals surface area contributed by atoms with Crippen molar-refractivity contribution in [2.45, 2.75) is 5.16 Å². The van der Waals surface area contributed by atoms with Crippen molar-refractivity contribution >= 4 is 11.8 Å². The molecule has 132 valence electrons. The molecule has 0 aliphatic rings. The number of aromatic nitrogens is 2. The summed E-state index contributed by atoms with van der Waals surface area (Å²) >= 11 is 1.70. The summed E-state index contributed by atoms with van der Waals surface area (Å²) in [6.07, 6.45) is 1.92. The lowest BCUT2D eigenvalue weighted by molar-refractivity contribution is 0.902. The van der Waals surface area contributed by atoms with Crippen molar-refractivity contribution < 1.29 is 0 Å². The molecule has 0 radical (unpaired) electrons. The Morgan fingerprint density at radius 2 is 1.33 bits per heavy atom. The lowest BCUT2D eigenvalue weighted by Crippen LogP contribution is -1.99. The van der Waals surface area contributed by atoms with E-state index >= 15 is 0 Å². The average molecular weight is 369 g/mol. The van der Waals surface area contributed by atoms with E-state index in [0.717, 1.165) is 39.1 Å². The Labute approximate surface area is 164 Å². The van der Waals surface area contributed by atoms with E-state index in [1.807, 2.05) is 24.3 Å². The molecule has 0 amide bonds. The largest absolute Gasteiger partial charge is 0.287 e. The van der Waals surface area contributed by atoms with Gasteiger partial charge in [-0.2, -0.15) is 0 Å². The minimum atomic E-state index is 0.812. The van der Waals surface area contributed by atoms with E-state index in [4.69, 9.17) is 4.98 Å². The Kier molecular flexibility index (Phi) is 5.22. The van der Waals surface area contributed by atoms with Gasteiger partial charge in [0.25, 0.3) is 0 Å². The Morgan fingerprint density at radius 1 is 0.778 bits per heavy atom. The summed E-state index contributed by atoms with van der Waals surface area (Å²) < 4.78 is 2.26. The molecular formula is C24H20N2S. The van der Waals surface area contributed by atoms with Crippen LogP contribution in [0.3, 0.4) is 0 Å². The topological polar surface area (TPSA) is 17.8 Å². The van der Waals surface area contributed by atoms with Gasteiger partial charge in [0.15, 0.2) is 5.16 Å². The number of nitrogens with zero attached hydrogens (tertiary/aromatic N) is 2. The molecule has 0 aliphatic carbocycles. The van der Waals surface area contributed by atoms with Crippen LogP contribution in [0.1, 0.15) is 0 Å². The van der Waals surface area contributed by atoms with Gasteiger partial charge in [0.1, 0.15) is 0 Å². The predicted molar refractivity (Wildman–Crippen MR) is 115 cm³/mol. The molecule has 0 fully saturated rings. The number of hydrogen-bond acceptors (Lipinski definition) is 2. The average Bonchev–Trinajstić information content (AvgIpc) is 3.13. The van der Waals surface area contributed by atoms with Crippen molar-refractivity contribution in [1.82, 2.24) is 9.55 Å². The Hall–Kier alpha value is -3.04. The van der Waals surface area contributed by atoms with Gasteiger partial charge >= 0.3 is 0 Å². The summed E-state index contributed by atoms with van der Waals surface area (Å²) in [6.45, 7) is 3.87. The molecule has 27 heavy (non-hydrogen) atoms. The van der Waals surface area contributed by atoms with Crippen LogP contribution in [0.15, 0.2) is 109 Å². The second kappa shape index (κ2) is 8.11. The number of imidazole rings is 1. The van der Waals surface area contributed by atoms with E-state index in [0.29, 0.717) is 0 Å². The number of hydrogen-bond donors (Lipinski definition) is 0. The molecular weight excluding hydrogens is 348 g/mol. The van der Waals surface area contributed by atoms with E-state index in [1.165, 1.54) is 0 Å². The predicted octanol–water partition coefficient (Wildman–Crippen LogP) is 6.48. The van der Waals surface area contributed by atoms with Gasteiger partial charge in [-0.15, -0.1) is 6.58 Å². The van der Waals surface area contributed by atoms with Crippen molar-refractivity contribution in [2.24, 2.45) is 0 Å². The van der Waals surface area contributed by atoms with Crippen molar-refractivity contribution in [1.29, 1.82) is 0 Å². The minimum Gasteiger partial charge on any atom is -0.287 e. The summed E-state index contributed by atoms with van der Waals surface area (Å²) in [5.74, 6) is 0.812. The monoisotopic (exact) mass is 368 g/mol. The summed E-state index contributed by atoms with van der Waals surface area (Å²) in [5.41, 5.74) is 5.49. The molecule has 0 atom stereocenters. The SMILES string of the molecule is C=CCSc1nc(-c2ccccc2)c(-c2ccccc2)n1-c1ccccc1. The third-order valence-electron chi connectivity index (χ3n) is 4.29. The fourth-order valence-corrected chi connectivity index (χ4v) is 3.85. The van der Waals surface area contributed by atoms with E-state index in [9.17, 15) is 0 Å². The van der Waals surface area contributed by atoms with E-state index < -0.39 is 0 Å². The number of rotatable bonds is 6. The smallest absolute Gasteiger partial charge is 0.174 e. The van der Waals surface area contributed by atoms with E-state index in [2.05, 4.69) is 83.9 Å². The fraction of sp³-hybridized carbons (Fsp3) is 0.0417. The zero-order chi connectivity index (χ0) is 18.5. The van der Waals surface area contributed by atoms with Gasteiger partial charge in [0, 0.05) is 22.6 Å². The molecule has 4 rings (SSSR count). The lowest BCUT2D eigenvalue weighted by atomic mass is 10.0. The Balaban J connectivity index is 2.02.